The first kappa shape index (κ1) is 17.7. The normalized spacial score (nSPS) is 14.9. The molecule has 0 atom stereocenters. The maximum absolute atomic E-state index is 12.3. The summed E-state index contributed by atoms with van der Waals surface area (Å²) in [6.07, 6.45) is 0. The monoisotopic (exact) mass is 494 g/mol. The standard InChI is InChI=1S/C15H12Br2O3S3/c1-19-11-6-8(15-21-4-5-22-15)2-3-10(11)20-14(18)12-7-9(16)13(17)23-12/h2-3,6-7,15H,4-5H2,1H3. The number of hydrogen-bond acceptors (Lipinski definition) is 6. The maximum Gasteiger partial charge on any atom is 0.353 e. The Kier molecular flexibility index (Phi) is 6.01. The van der Waals surface area contributed by atoms with Gasteiger partial charge in [0, 0.05) is 16.0 Å². The van der Waals surface area contributed by atoms with Crippen LogP contribution in [0.5, 0.6) is 11.5 Å². The summed E-state index contributed by atoms with van der Waals surface area (Å²) in [6, 6.07) is 7.51. The van der Waals surface area contributed by atoms with Crippen LogP contribution in [0.2, 0.25) is 0 Å². The van der Waals surface area contributed by atoms with E-state index in [1.807, 2.05) is 41.7 Å². The predicted octanol–water partition coefficient (Wildman–Crippen LogP) is 5.98. The van der Waals surface area contributed by atoms with Crippen molar-refractivity contribution in [3.05, 3.63) is 43.0 Å². The summed E-state index contributed by atoms with van der Waals surface area (Å²) in [5.41, 5.74) is 1.19. The highest BCUT2D eigenvalue weighted by Crippen LogP contribution is 2.47. The number of halogens is 2. The summed E-state index contributed by atoms with van der Waals surface area (Å²) in [7, 11) is 1.59. The molecule has 0 bridgehead atoms. The lowest BCUT2D eigenvalue weighted by Crippen LogP contribution is -2.07. The number of ether oxygens (including phenoxy) is 2. The van der Waals surface area contributed by atoms with Gasteiger partial charge in [0.25, 0.3) is 0 Å². The summed E-state index contributed by atoms with van der Waals surface area (Å²) in [6.45, 7) is 0. The zero-order chi connectivity index (χ0) is 16.4. The quantitative estimate of drug-likeness (QED) is 0.385. The van der Waals surface area contributed by atoms with Gasteiger partial charge >= 0.3 is 5.97 Å². The molecule has 3 rings (SSSR count). The van der Waals surface area contributed by atoms with Crippen LogP contribution in [0.1, 0.15) is 19.8 Å². The van der Waals surface area contributed by atoms with Gasteiger partial charge in [0.1, 0.15) is 4.88 Å². The predicted molar refractivity (Wildman–Crippen MR) is 105 cm³/mol. The third kappa shape index (κ3) is 4.10. The number of esters is 1. The molecule has 1 saturated heterocycles. The van der Waals surface area contributed by atoms with Gasteiger partial charge in [-0.25, -0.2) is 4.79 Å². The smallest absolute Gasteiger partial charge is 0.353 e. The molecule has 2 aromatic rings. The fraction of sp³-hybridized carbons (Fsp3) is 0.267. The van der Waals surface area contributed by atoms with Crippen LogP contribution in [-0.4, -0.2) is 24.6 Å². The van der Waals surface area contributed by atoms with Crippen LogP contribution in [0.25, 0.3) is 0 Å². The molecule has 2 heterocycles. The van der Waals surface area contributed by atoms with E-state index < -0.39 is 5.97 Å². The van der Waals surface area contributed by atoms with E-state index in [1.165, 1.54) is 16.9 Å². The number of carbonyl (C=O) groups excluding carboxylic acids is 1. The molecule has 1 aliphatic rings. The third-order valence-corrected chi connectivity index (χ3v) is 9.47. The van der Waals surface area contributed by atoms with Gasteiger partial charge in [-0.15, -0.1) is 34.9 Å². The van der Waals surface area contributed by atoms with Gasteiger partial charge in [-0.3, -0.25) is 0 Å². The van der Waals surface area contributed by atoms with E-state index in [0.717, 1.165) is 19.8 Å². The molecule has 0 spiro atoms. The van der Waals surface area contributed by atoms with Crippen LogP contribution in [0.4, 0.5) is 0 Å². The molecule has 23 heavy (non-hydrogen) atoms. The number of hydrogen-bond donors (Lipinski definition) is 0. The van der Waals surface area contributed by atoms with Crippen molar-refractivity contribution in [2.24, 2.45) is 0 Å². The Morgan fingerprint density at radius 2 is 1.91 bits per heavy atom. The van der Waals surface area contributed by atoms with Gasteiger partial charge in [0.2, 0.25) is 0 Å². The Morgan fingerprint density at radius 3 is 2.52 bits per heavy atom. The van der Waals surface area contributed by atoms with Crippen LogP contribution in [0.15, 0.2) is 32.5 Å². The minimum atomic E-state index is -0.392. The molecular weight excluding hydrogens is 484 g/mol. The van der Waals surface area contributed by atoms with Gasteiger partial charge < -0.3 is 9.47 Å². The van der Waals surface area contributed by atoms with Crippen LogP contribution in [0, 0.1) is 0 Å². The van der Waals surface area contributed by atoms with Gasteiger partial charge in [-0.05, 0) is 55.6 Å². The molecule has 1 fully saturated rings. The fourth-order valence-corrected chi connectivity index (χ4v) is 6.81. The Morgan fingerprint density at radius 1 is 1.17 bits per heavy atom. The Bertz CT molecular complexity index is 707. The molecule has 0 N–H and O–H groups in total. The number of methoxy groups -OCH3 is 1. The summed E-state index contributed by atoms with van der Waals surface area (Å²) in [5.74, 6) is 2.96. The molecular formula is C15H12Br2O3S3. The van der Waals surface area contributed by atoms with Gasteiger partial charge in [0.15, 0.2) is 11.5 Å². The van der Waals surface area contributed by atoms with Crippen molar-refractivity contribution < 1.29 is 14.3 Å². The van der Waals surface area contributed by atoms with Gasteiger partial charge in [0.05, 0.1) is 15.5 Å². The Hall–Kier alpha value is -0.150. The van der Waals surface area contributed by atoms with E-state index in [4.69, 9.17) is 9.47 Å². The lowest BCUT2D eigenvalue weighted by atomic mass is 10.2. The van der Waals surface area contributed by atoms with E-state index in [2.05, 4.69) is 31.9 Å². The average molecular weight is 496 g/mol. The van der Waals surface area contributed by atoms with Crippen molar-refractivity contribution in [1.82, 2.24) is 0 Å². The van der Waals surface area contributed by atoms with E-state index in [0.29, 0.717) is 21.0 Å². The highest BCUT2D eigenvalue weighted by Gasteiger charge is 2.21. The van der Waals surface area contributed by atoms with Crippen LogP contribution in [-0.2, 0) is 0 Å². The molecule has 1 aliphatic heterocycles. The summed E-state index contributed by atoms with van der Waals surface area (Å²) in [5, 5.41) is 0. The van der Waals surface area contributed by atoms with E-state index in [1.54, 1.807) is 13.2 Å². The second kappa shape index (κ2) is 7.82. The number of rotatable bonds is 4. The summed E-state index contributed by atoms with van der Waals surface area (Å²) >= 11 is 11.9. The highest BCUT2D eigenvalue weighted by molar-refractivity contribution is 9.13. The largest absolute Gasteiger partial charge is 0.493 e. The second-order valence-electron chi connectivity index (χ2n) is 4.61. The first-order valence-corrected chi connectivity index (χ1v) is 11.2. The fourth-order valence-electron chi connectivity index (χ4n) is 2.06. The average Bonchev–Trinajstić information content (AvgIpc) is 3.18. The van der Waals surface area contributed by atoms with Crippen molar-refractivity contribution in [3.8, 4) is 11.5 Å². The lowest BCUT2D eigenvalue weighted by Gasteiger charge is -2.13. The van der Waals surface area contributed by atoms with Gasteiger partial charge in [-0.2, -0.15) is 0 Å². The zero-order valence-electron chi connectivity index (χ0n) is 12.0. The van der Waals surface area contributed by atoms with Crippen molar-refractivity contribution in [3.63, 3.8) is 0 Å². The first-order chi connectivity index (χ1) is 11.1. The van der Waals surface area contributed by atoms with Crippen LogP contribution < -0.4 is 9.47 Å². The molecule has 1 aromatic heterocycles. The summed E-state index contributed by atoms with van der Waals surface area (Å²) in [4.78, 5) is 12.8. The Balaban J connectivity index is 1.80. The third-order valence-electron chi connectivity index (χ3n) is 3.13. The van der Waals surface area contributed by atoms with E-state index >= 15 is 0 Å². The zero-order valence-corrected chi connectivity index (χ0v) is 17.6. The molecule has 0 aliphatic carbocycles. The van der Waals surface area contributed by atoms with Crippen molar-refractivity contribution >= 4 is 72.7 Å². The number of carbonyl (C=O) groups is 1. The molecule has 0 saturated carbocycles. The number of thiophene rings is 1. The number of benzene rings is 1. The molecule has 122 valence electrons. The lowest BCUT2D eigenvalue weighted by molar-refractivity contribution is 0.0734. The molecule has 8 heteroatoms. The first-order valence-electron chi connectivity index (χ1n) is 6.66. The van der Waals surface area contributed by atoms with E-state index in [-0.39, 0.29) is 0 Å². The summed E-state index contributed by atoms with van der Waals surface area (Å²) < 4.78 is 13.0. The molecule has 0 radical (unpaired) electrons. The molecule has 1 aromatic carbocycles. The van der Waals surface area contributed by atoms with Crippen LogP contribution in [0.3, 0.4) is 0 Å². The minimum absolute atomic E-state index is 0.392. The molecule has 0 amide bonds. The molecule has 0 unspecified atom stereocenters. The topological polar surface area (TPSA) is 35.5 Å². The van der Waals surface area contributed by atoms with Gasteiger partial charge in [-0.1, -0.05) is 6.07 Å². The highest BCUT2D eigenvalue weighted by atomic mass is 79.9. The maximum atomic E-state index is 12.3. The second-order valence-corrected chi connectivity index (χ2v) is 10.6. The minimum Gasteiger partial charge on any atom is -0.493 e. The van der Waals surface area contributed by atoms with E-state index in [9.17, 15) is 4.79 Å². The molecule has 3 nitrogen and oxygen atoms in total. The Labute approximate surface area is 163 Å². The van der Waals surface area contributed by atoms with Crippen molar-refractivity contribution in [2.45, 2.75) is 4.58 Å². The van der Waals surface area contributed by atoms with Crippen LogP contribution >= 0.6 is 66.7 Å². The van der Waals surface area contributed by atoms with Crippen molar-refractivity contribution in [1.29, 1.82) is 0 Å². The number of thioether (sulfide) groups is 2. The van der Waals surface area contributed by atoms with Crippen molar-refractivity contribution in [2.75, 3.05) is 18.6 Å². The SMILES string of the molecule is COc1cc(C2SCCS2)ccc1OC(=O)c1cc(Br)c(Br)s1.